The summed E-state index contributed by atoms with van der Waals surface area (Å²) in [7, 11) is 0. The molecule has 3 atom stereocenters. The van der Waals surface area contributed by atoms with Crippen molar-refractivity contribution in [2.24, 2.45) is 5.92 Å². The monoisotopic (exact) mass is 751 g/mol. The lowest BCUT2D eigenvalue weighted by Crippen LogP contribution is -2.32. The van der Waals surface area contributed by atoms with Crippen molar-refractivity contribution in [3.8, 4) is 5.69 Å². The van der Waals surface area contributed by atoms with Gasteiger partial charge in [0.2, 0.25) is 0 Å². The SMILES string of the molecule is CC(C)(C)OC(=O)NCc1cccc(-n2nc(C(F)(F)F)cc2C(=O)Nc2cccc(C(O)c3cc(NC(=O)OC(C)(C)C)cc(C4CC4CO)c3)c2)c1. The fourth-order valence-corrected chi connectivity index (χ4v) is 5.74. The van der Waals surface area contributed by atoms with E-state index in [1.807, 2.05) is 0 Å². The summed E-state index contributed by atoms with van der Waals surface area (Å²) in [5.41, 5.74) is -0.411. The summed E-state index contributed by atoms with van der Waals surface area (Å²) >= 11 is 0. The number of alkyl carbamates (subject to hydrolysis) is 1. The number of amides is 3. The van der Waals surface area contributed by atoms with Gasteiger partial charge in [-0.05, 0) is 118 Å². The number of carbonyl (C=O) groups excluding carboxylic acids is 3. The molecule has 3 aromatic carbocycles. The molecule has 1 saturated carbocycles. The van der Waals surface area contributed by atoms with Crippen LogP contribution in [0.5, 0.6) is 0 Å². The maximum Gasteiger partial charge on any atom is 0.435 e. The van der Waals surface area contributed by atoms with Crippen LogP contribution in [0, 0.1) is 5.92 Å². The highest BCUT2D eigenvalue weighted by Gasteiger charge is 2.38. The van der Waals surface area contributed by atoms with Crippen molar-refractivity contribution in [3.63, 3.8) is 0 Å². The predicted octanol–water partition coefficient (Wildman–Crippen LogP) is 7.69. The third kappa shape index (κ3) is 10.6. The van der Waals surface area contributed by atoms with Gasteiger partial charge in [-0.15, -0.1) is 0 Å². The molecule has 0 bridgehead atoms. The smallest absolute Gasteiger partial charge is 0.435 e. The van der Waals surface area contributed by atoms with Crippen molar-refractivity contribution in [3.05, 3.63) is 106 Å². The third-order valence-electron chi connectivity index (χ3n) is 8.21. The first-order valence-corrected chi connectivity index (χ1v) is 17.3. The number of alkyl halides is 3. The van der Waals surface area contributed by atoms with Gasteiger partial charge in [0, 0.05) is 30.6 Å². The normalized spacial score (nSPS) is 16.3. The Morgan fingerprint density at radius 1 is 0.852 bits per heavy atom. The molecule has 0 radical (unpaired) electrons. The summed E-state index contributed by atoms with van der Waals surface area (Å²) in [6, 6.07) is 18.1. The van der Waals surface area contributed by atoms with Gasteiger partial charge >= 0.3 is 18.4 Å². The minimum absolute atomic E-state index is 0.00304. The van der Waals surface area contributed by atoms with Gasteiger partial charge in [-0.3, -0.25) is 10.1 Å². The topological polar surface area (TPSA) is 164 Å². The average molecular weight is 752 g/mol. The summed E-state index contributed by atoms with van der Waals surface area (Å²) < 4.78 is 53.1. The Morgan fingerprint density at radius 2 is 1.52 bits per heavy atom. The van der Waals surface area contributed by atoms with Gasteiger partial charge in [0.05, 0.1) is 5.69 Å². The highest BCUT2D eigenvalue weighted by atomic mass is 19.4. The summed E-state index contributed by atoms with van der Waals surface area (Å²) in [6.07, 6.45) is -6.72. The first-order chi connectivity index (χ1) is 25.2. The van der Waals surface area contributed by atoms with Gasteiger partial charge < -0.3 is 30.3 Å². The second-order valence-corrected chi connectivity index (χ2v) is 15.1. The van der Waals surface area contributed by atoms with Crippen molar-refractivity contribution < 1.29 is 47.2 Å². The Kier molecular flexibility index (Phi) is 11.4. The van der Waals surface area contributed by atoms with E-state index in [2.05, 4.69) is 21.0 Å². The first kappa shape index (κ1) is 39.8. The molecule has 0 spiro atoms. The van der Waals surface area contributed by atoms with Crippen LogP contribution in [0.4, 0.5) is 34.1 Å². The van der Waals surface area contributed by atoms with Crippen LogP contribution >= 0.6 is 0 Å². The van der Waals surface area contributed by atoms with Crippen LogP contribution in [-0.2, 0) is 22.2 Å². The number of hydrogen-bond acceptors (Lipinski definition) is 8. The number of benzene rings is 3. The molecule has 5 rings (SSSR count). The molecular weight excluding hydrogens is 707 g/mol. The molecule has 1 fully saturated rings. The van der Waals surface area contributed by atoms with E-state index in [4.69, 9.17) is 9.47 Å². The average Bonchev–Trinajstić information content (AvgIpc) is 3.72. The molecule has 0 saturated heterocycles. The van der Waals surface area contributed by atoms with E-state index in [0.29, 0.717) is 28.4 Å². The van der Waals surface area contributed by atoms with E-state index in [9.17, 15) is 37.8 Å². The van der Waals surface area contributed by atoms with E-state index in [-0.39, 0.29) is 36.4 Å². The lowest BCUT2D eigenvalue weighted by atomic mass is 9.96. The van der Waals surface area contributed by atoms with Crippen LogP contribution in [0.2, 0.25) is 0 Å². The Balaban J connectivity index is 1.39. The molecule has 1 aliphatic carbocycles. The number of aliphatic hydroxyl groups excluding tert-OH is 2. The fourth-order valence-electron chi connectivity index (χ4n) is 5.74. The largest absolute Gasteiger partial charge is 0.444 e. The van der Waals surface area contributed by atoms with Crippen LogP contribution < -0.4 is 16.0 Å². The van der Waals surface area contributed by atoms with Crippen molar-refractivity contribution in [2.75, 3.05) is 17.2 Å². The van der Waals surface area contributed by atoms with Crippen LogP contribution in [0.15, 0.2) is 72.8 Å². The van der Waals surface area contributed by atoms with Gasteiger partial charge in [-0.25, -0.2) is 14.3 Å². The predicted molar refractivity (Wildman–Crippen MR) is 194 cm³/mol. The molecule has 0 aliphatic heterocycles. The molecule has 12 nitrogen and oxygen atoms in total. The van der Waals surface area contributed by atoms with E-state index < -0.39 is 53.0 Å². The van der Waals surface area contributed by atoms with Crippen molar-refractivity contribution in [2.45, 2.75) is 83.9 Å². The Labute approximate surface area is 310 Å². The molecule has 3 unspecified atom stereocenters. The Morgan fingerprint density at radius 3 is 2.17 bits per heavy atom. The van der Waals surface area contributed by atoms with Crippen LogP contribution in [0.1, 0.15) is 98.4 Å². The summed E-state index contributed by atoms with van der Waals surface area (Å²) in [5, 5.41) is 32.8. The number of nitrogens with one attached hydrogen (secondary N) is 3. The quantitative estimate of drug-likeness (QED) is 0.110. The van der Waals surface area contributed by atoms with Gasteiger partial charge in [0.15, 0.2) is 5.69 Å². The third-order valence-corrected chi connectivity index (χ3v) is 8.21. The number of rotatable bonds is 10. The number of aliphatic hydroxyl groups is 2. The fraction of sp³-hybridized carbons (Fsp3) is 0.385. The van der Waals surface area contributed by atoms with Crippen LogP contribution in [-0.4, -0.2) is 55.9 Å². The maximum atomic E-state index is 13.9. The standard InChI is InChI=1S/C39H44F3N5O7/c1-37(2,3)53-35(51)43-20-22-9-7-12-29(13-22)47-31(19-32(46-47)39(40,41)42)34(50)44-27-11-8-10-23(15-27)33(49)25-14-24(30-18-26(30)21-48)16-28(17-25)45-36(52)54-38(4,5)6/h7-17,19,26,30,33,48-49H,18,20-21H2,1-6H3,(H,43,51)(H,44,50)(H,45,52). The molecule has 54 heavy (non-hydrogen) atoms. The zero-order valence-electron chi connectivity index (χ0n) is 30.7. The van der Waals surface area contributed by atoms with Crippen LogP contribution in [0.3, 0.4) is 0 Å². The molecule has 1 aromatic heterocycles. The van der Waals surface area contributed by atoms with E-state index in [1.165, 1.54) is 24.3 Å². The van der Waals surface area contributed by atoms with Crippen molar-refractivity contribution in [1.82, 2.24) is 15.1 Å². The minimum atomic E-state index is -4.86. The summed E-state index contributed by atoms with van der Waals surface area (Å²) in [4.78, 5) is 38.3. The highest BCUT2D eigenvalue weighted by molar-refractivity contribution is 6.03. The minimum Gasteiger partial charge on any atom is -0.444 e. The van der Waals surface area contributed by atoms with Gasteiger partial charge in [0.25, 0.3) is 5.91 Å². The number of anilines is 2. The Bertz CT molecular complexity index is 2020. The van der Waals surface area contributed by atoms with E-state index in [0.717, 1.165) is 16.7 Å². The van der Waals surface area contributed by atoms with Gasteiger partial charge in [-0.1, -0.05) is 30.3 Å². The molecule has 1 heterocycles. The molecule has 4 aromatic rings. The summed E-state index contributed by atoms with van der Waals surface area (Å²) in [6.45, 7) is 10.3. The second kappa shape index (κ2) is 15.5. The molecule has 15 heteroatoms. The molecule has 3 amide bonds. The number of ether oxygens (including phenoxy) is 2. The number of halogens is 3. The zero-order chi connectivity index (χ0) is 39.6. The van der Waals surface area contributed by atoms with E-state index >= 15 is 0 Å². The molecule has 1 aliphatic rings. The lowest BCUT2D eigenvalue weighted by Gasteiger charge is -2.21. The van der Waals surface area contributed by atoms with E-state index in [1.54, 1.807) is 84.0 Å². The van der Waals surface area contributed by atoms with Gasteiger partial charge in [0.1, 0.15) is 23.0 Å². The van der Waals surface area contributed by atoms with Crippen LogP contribution in [0.25, 0.3) is 5.69 Å². The molecular formula is C39H44F3N5O7. The number of hydrogen-bond donors (Lipinski definition) is 5. The first-order valence-electron chi connectivity index (χ1n) is 17.3. The number of carbonyl (C=O) groups is 3. The maximum absolute atomic E-state index is 13.9. The molecule has 288 valence electrons. The van der Waals surface area contributed by atoms with Crippen molar-refractivity contribution >= 4 is 29.5 Å². The summed E-state index contributed by atoms with van der Waals surface area (Å²) in [5.74, 6) is -0.829. The second-order valence-electron chi connectivity index (χ2n) is 15.1. The Hall–Kier alpha value is -5.41. The highest BCUT2D eigenvalue weighted by Crippen LogP contribution is 2.48. The number of nitrogens with zero attached hydrogens (tertiary/aromatic N) is 2. The lowest BCUT2D eigenvalue weighted by molar-refractivity contribution is -0.141. The van der Waals surface area contributed by atoms with Crippen molar-refractivity contribution in [1.29, 1.82) is 0 Å². The van der Waals surface area contributed by atoms with Gasteiger partial charge in [-0.2, -0.15) is 18.3 Å². The zero-order valence-corrected chi connectivity index (χ0v) is 30.7. The number of aromatic nitrogens is 2. The molecule has 5 N–H and O–H groups in total.